The minimum atomic E-state index is -4.57. The molecule has 0 aliphatic rings. The van der Waals surface area contributed by atoms with Gasteiger partial charge < -0.3 is 28.8 Å². The molecule has 0 rings (SSSR count). The zero-order chi connectivity index (χ0) is 30.8. The molecule has 41 heavy (non-hydrogen) atoms. The van der Waals surface area contributed by atoms with Gasteiger partial charge in [0.2, 0.25) is 5.91 Å². The highest BCUT2D eigenvalue weighted by molar-refractivity contribution is 7.45. The number of carbonyl (C=O) groups is 1. The van der Waals surface area contributed by atoms with Gasteiger partial charge in [-0.15, -0.1) is 0 Å². The molecule has 0 aromatic carbocycles. The fourth-order valence-electron chi connectivity index (χ4n) is 3.93. The number of phosphoric ester groups is 1. The first-order valence-corrected chi connectivity index (χ1v) is 17.3. The number of unbranched alkanes of at least 4 members (excludes halogenated alkanes) is 10. The van der Waals surface area contributed by atoms with Crippen LogP contribution in [0.3, 0.4) is 0 Å². The maximum atomic E-state index is 12.6. The number of rotatable bonds is 27. The van der Waals surface area contributed by atoms with Crippen molar-refractivity contribution in [3.8, 4) is 0 Å². The second kappa shape index (κ2) is 25.2. The Morgan fingerprint density at radius 1 is 0.829 bits per heavy atom. The van der Waals surface area contributed by atoms with Crippen molar-refractivity contribution in [2.45, 2.75) is 122 Å². The Balaban J connectivity index is 4.75. The van der Waals surface area contributed by atoms with Crippen LogP contribution in [-0.4, -0.2) is 68.5 Å². The molecule has 0 aliphatic carbocycles. The lowest BCUT2D eigenvalue weighted by molar-refractivity contribution is -0.870. The Kier molecular flexibility index (Phi) is 24.5. The van der Waals surface area contributed by atoms with Gasteiger partial charge in [0, 0.05) is 6.42 Å². The number of likely N-dealkylation sites (N-methyl/N-ethyl adjacent to an activating group) is 1. The molecule has 0 saturated carbocycles. The van der Waals surface area contributed by atoms with Crippen molar-refractivity contribution >= 4 is 13.7 Å². The number of hydrogen-bond acceptors (Lipinski definition) is 6. The van der Waals surface area contributed by atoms with Crippen molar-refractivity contribution in [1.29, 1.82) is 0 Å². The number of phosphoric acid groups is 1. The van der Waals surface area contributed by atoms with Crippen LogP contribution in [0.25, 0.3) is 0 Å². The number of hydrogen-bond donors (Lipinski definition) is 2. The second-order valence-electron chi connectivity index (χ2n) is 11.8. The third kappa shape index (κ3) is 27.3. The molecule has 1 amide bonds. The van der Waals surface area contributed by atoms with Gasteiger partial charge >= 0.3 is 0 Å². The van der Waals surface area contributed by atoms with Crippen molar-refractivity contribution in [3.63, 3.8) is 0 Å². The molecule has 8 nitrogen and oxygen atoms in total. The van der Waals surface area contributed by atoms with Gasteiger partial charge in [0.25, 0.3) is 7.82 Å². The molecular weight excluding hydrogens is 539 g/mol. The Labute approximate surface area is 251 Å². The van der Waals surface area contributed by atoms with E-state index < -0.39 is 26.6 Å². The van der Waals surface area contributed by atoms with Crippen molar-refractivity contribution in [1.82, 2.24) is 5.32 Å². The lowest BCUT2D eigenvalue weighted by Crippen LogP contribution is -2.45. The SMILES string of the molecule is CCCC/C=C/CC/C=C/CC/C=C/C(O)C(COP(=O)([O-])OCC[N+](C)(C)C)NC(=O)CCCCCCCCC. The zero-order valence-electron chi connectivity index (χ0n) is 26.7. The van der Waals surface area contributed by atoms with Gasteiger partial charge in [-0.1, -0.05) is 102 Å². The first kappa shape index (κ1) is 39.7. The van der Waals surface area contributed by atoms with Crippen molar-refractivity contribution < 1.29 is 32.9 Å². The van der Waals surface area contributed by atoms with Crippen molar-refractivity contribution in [3.05, 3.63) is 36.5 Å². The highest BCUT2D eigenvalue weighted by Crippen LogP contribution is 2.38. The summed E-state index contributed by atoms with van der Waals surface area (Å²) in [6.45, 7) is 4.46. The van der Waals surface area contributed by atoms with E-state index in [4.69, 9.17) is 9.05 Å². The van der Waals surface area contributed by atoms with Gasteiger partial charge in [-0.2, -0.15) is 0 Å². The fourth-order valence-corrected chi connectivity index (χ4v) is 4.65. The number of carbonyl (C=O) groups excluding carboxylic acids is 1. The Hall–Kier alpha value is -1.28. The first-order valence-electron chi connectivity index (χ1n) is 15.9. The van der Waals surface area contributed by atoms with Gasteiger partial charge in [-0.25, -0.2) is 0 Å². The molecular formula is C32H61N2O6P. The Morgan fingerprint density at radius 2 is 1.37 bits per heavy atom. The third-order valence-corrected chi connectivity index (χ3v) is 7.54. The summed E-state index contributed by atoms with van der Waals surface area (Å²) in [5.74, 6) is -0.224. The molecule has 0 bridgehead atoms. The smallest absolute Gasteiger partial charge is 0.268 e. The standard InChI is InChI=1S/C32H61N2O6P/c1-6-8-10-12-14-15-16-17-18-20-21-23-25-31(35)30(29-40-41(37,38)39-28-27-34(3,4)5)33-32(36)26-24-22-19-13-11-9-7-2/h12,14,17-18,23,25,30-31,35H,6-11,13,15-16,19-22,24,26-29H2,1-5H3,(H-,33,36,37,38)/b14-12+,18-17+,25-23+. The van der Waals surface area contributed by atoms with E-state index in [-0.39, 0.29) is 12.5 Å². The van der Waals surface area contributed by atoms with Crippen LogP contribution in [0.4, 0.5) is 0 Å². The summed E-state index contributed by atoms with van der Waals surface area (Å²) >= 11 is 0. The van der Waals surface area contributed by atoms with Gasteiger partial charge in [0.15, 0.2) is 0 Å². The number of aliphatic hydroxyl groups is 1. The highest BCUT2D eigenvalue weighted by atomic mass is 31.2. The number of allylic oxidation sites excluding steroid dienone is 5. The number of quaternary nitrogens is 1. The molecule has 0 heterocycles. The van der Waals surface area contributed by atoms with Crippen LogP contribution in [0.15, 0.2) is 36.5 Å². The highest BCUT2D eigenvalue weighted by Gasteiger charge is 2.23. The molecule has 0 saturated heterocycles. The molecule has 0 aromatic heterocycles. The largest absolute Gasteiger partial charge is 0.756 e. The summed E-state index contributed by atoms with van der Waals surface area (Å²) in [4.78, 5) is 24.9. The van der Waals surface area contributed by atoms with Crippen molar-refractivity contribution in [2.75, 3.05) is 40.9 Å². The fraction of sp³-hybridized carbons (Fsp3) is 0.781. The third-order valence-electron chi connectivity index (χ3n) is 6.58. The van der Waals surface area contributed by atoms with E-state index in [1.54, 1.807) is 6.08 Å². The van der Waals surface area contributed by atoms with E-state index in [1.807, 2.05) is 27.2 Å². The summed E-state index contributed by atoms with van der Waals surface area (Å²) in [5.41, 5.74) is 0. The molecule has 9 heteroatoms. The summed E-state index contributed by atoms with van der Waals surface area (Å²) in [7, 11) is 1.22. The second-order valence-corrected chi connectivity index (χ2v) is 13.2. The molecule has 2 N–H and O–H groups in total. The van der Waals surface area contributed by atoms with E-state index in [0.29, 0.717) is 17.4 Å². The minimum Gasteiger partial charge on any atom is -0.756 e. The maximum absolute atomic E-state index is 12.6. The van der Waals surface area contributed by atoms with Crippen LogP contribution < -0.4 is 10.2 Å². The number of aliphatic hydroxyl groups excluding tert-OH is 1. The van der Waals surface area contributed by atoms with E-state index in [9.17, 15) is 19.4 Å². The van der Waals surface area contributed by atoms with Gasteiger partial charge in [0.1, 0.15) is 13.2 Å². The Morgan fingerprint density at radius 3 is 1.95 bits per heavy atom. The normalized spacial score (nSPS) is 15.6. The maximum Gasteiger partial charge on any atom is 0.268 e. The average molecular weight is 601 g/mol. The monoisotopic (exact) mass is 600 g/mol. The minimum absolute atomic E-state index is 0.00925. The van der Waals surface area contributed by atoms with Crippen LogP contribution in [0.2, 0.25) is 0 Å². The molecule has 0 radical (unpaired) electrons. The van der Waals surface area contributed by atoms with E-state index in [2.05, 4.69) is 43.5 Å². The first-order chi connectivity index (χ1) is 19.5. The van der Waals surface area contributed by atoms with E-state index in [1.165, 1.54) is 38.5 Å². The van der Waals surface area contributed by atoms with Crippen LogP contribution in [-0.2, 0) is 18.4 Å². The van der Waals surface area contributed by atoms with Gasteiger partial charge in [-0.3, -0.25) is 9.36 Å². The van der Waals surface area contributed by atoms with Gasteiger partial charge in [-0.05, 0) is 38.5 Å². The van der Waals surface area contributed by atoms with Crippen LogP contribution in [0.5, 0.6) is 0 Å². The lowest BCUT2D eigenvalue weighted by Gasteiger charge is -2.29. The molecule has 0 spiro atoms. The van der Waals surface area contributed by atoms with E-state index >= 15 is 0 Å². The summed E-state index contributed by atoms with van der Waals surface area (Å²) in [6, 6.07) is -0.900. The number of nitrogens with one attached hydrogen (secondary N) is 1. The van der Waals surface area contributed by atoms with Crippen molar-refractivity contribution in [2.24, 2.45) is 0 Å². The average Bonchev–Trinajstić information content (AvgIpc) is 2.90. The predicted molar refractivity (Wildman–Crippen MR) is 168 cm³/mol. The predicted octanol–water partition coefficient (Wildman–Crippen LogP) is 6.60. The van der Waals surface area contributed by atoms with Crippen LogP contribution >= 0.6 is 7.82 Å². The number of amides is 1. The molecule has 3 atom stereocenters. The summed E-state index contributed by atoms with van der Waals surface area (Å²) < 4.78 is 22.9. The Bertz CT molecular complexity index is 779. The van der Waals surface area contributed by atoms with Crippen LogP contribution in [0, 0.1) is 0 Å². The molecule has 0 fully saturated rings. The lowest BCUT2D eigenvalue weighted by atomic mass is 10.1. The van der Waals surface area contributed by atoms with Crippen LogP contribution in [0.1, 0.15) is 110 Å². The number of nitrogens with zero attached hydrogens (tertiary/aromatic N) is 1. The quantitative estimate of drug-likeness (QED) is 0.0476. The molecule has 3 unspecified atom stereocenters. The van der Waals surface area contributed by atoms with E-state index in [0.717, 1.165) is 51.4 Å². The topological polar surface area (TPSA) is 108 Å². The van der Waals surface area contributed by atoms with Gasteiger partial charge in [0.05, 0.1) is 39.9 Å². The molecule has 0 aliphatic heterocycles. The summed E-state index contributed by atoms with van der Waals surface area (Å²) in [6.07, 6.45) is 26.3. The molecule has 0 aromatic rings. The molecule has 240 valence electrons. The summed E-state index contributed by atoms with van der Waals surface area (Å²) in [5, 5.41) is 13.5. The zero-order valence-corrected chi connectivity index (χ0v) is 27.6.